The van der Waals surface area contributed by atoms with Crippen molar-refractivity contribution in [2.24, 2.45) is 0 Å². The van der Waals surface area contributed by atoms with Crippen LogP contribution < -0.4 is 0 Å². The van der Waals surface area contributed by atoms with E-state index in [1.165, 1.54) is 5.56 Å². The van der Waals surface area contributed by atoms with Crippen molar-refractivity contribution in [3.63, 3.8) is 0 Å². The highest BCUT2D eigenvalue weighted by molar-refractivity contribution is 5.92. The van der Waals surface area contributed by atoms with Crippen molar-refractivity contribution in [2.75, 3.05) is 19.6 Å². The molecule has 1 fully saturated rings. The zero-order chi connectivity index (χ0) is 17.1. The molecular weight excluding hydrogens is 300 g/mol. The first-order chi connectivity index (χ1) is 11.6. The number of likely N-dealkylation sites (N-methyl/N-ethyl adjacent to an activating group) is 1. The lowest BCUT2D eigenvalue weighted by atomic mass is 10.1. The average molecular weight is 326 g/mol. The van der Waals surface area contributed by atoms with Crippen molar-refractivity contribution in [3.05, 3.63) is 53.6 Å². The van der Waals surface area contributed by atoms with Crippen LogP contribution >= 0.6 is 0 Å². The van der Waals surface area contributed by atoms with Gasteiger partial charge in [0.05, 0.1) is 6.20 Å². The zero-order valence-corrected chi connectivity index (χ0v) is 14.7. The number of amides is 1. The second-order valence-corrected chi connectivity index (χ2v) is 6.50. The molecule has 1 aromatic heterocycles. The van der Waals surface area contributed by atoms with Gasteiger partial charge in [-0.1, -0.05) is 30.3 Å². The number of aromatic nitrogens is 2. The Labute approximate surface area is 143 Å². The molecule has 5 heteroatoms. The van der Waals surface area contributed by atoms with E-state index in [4.69, 9.17) is 0 Å². The lowest BCUT2D eigenvalue weighted by Crippen LogP contribution is -2.42. The highest BCUT2D eigenvalue weighted by Crippen LogP contribution is 2.27. The van der Waals surface area contributed by atoms with Crippen LogP contribution in [0.5, 0.6) is 0 Å². The fourth-order valence-electron chi connectivity index (χ4n) is 3.57. The van der Waals surface area contributed by atoms with Gasteiger partial charge in [-0.3, -0.25) is 9.69 Å². The van der Waals surface area contributed by atoms with Gasteiger partial charge in [-0.25, -0.2) is 4.98 Å². The summed E-state index contributed by atoms with van der Waals surface area (Å²) in [5.74, 6) is 0.831. The lowest BCUT2D eigenvalue weighted by Gasteiger charge is -2.29. The number of nitrogens with zero attached hydrogens (tertiary/aromatic N) is 3. The molecule has 0 bridgehead atoms. The van der Waals surface area contributed by atoms with E-state index in [-0.39, 0.29) is 11.9 Å². The van der Waals surface area contributed by atoms with Crippen LogP contribution in [0.2, 0.25) is 0 Å². The Morgan fingerprint density at radius 1 is 1.42 bits per heavy atom. The Bertz CT molecular complexity index is 682. The number of benzene rings is 1. The predicted octanol–water partition coefficient (Wildman–Crippen LogP) is 3.02. The van der Waals surface area contributed by atoms with E-state index in [0.717, 1.165) is 31.9 Å². The minimum atomic E-state index is 0.0531. The van der Waals surface area contributed by atoms with Gasteiger partial charge < -0.3 is 9.88 Å². The summed E-state index contributed by atoms with van der Waals surface area (Å²) in [5, 5.41) is 0. The number of aromatic amines is 1. The van der Waals surface area contributed by atoms with Gasteiger partial charge in [0, 0.05) is 31.7 Å². The molecule has 5 nitrogen and oxygen atoms in total. The first-order valence-corrected chi connectivity index (χ1v) is 8.71. The number of imidazole rings is 1. The molecule has 24 heavy (non-hydrogen) atoms. The monoisotopic (exact) mass is 326 g/mol. The summed E-state index contributed by atoms with van der Waals surface area (Å²) >= 11 is 0. The van der Waals surface area contributed by atoms with Crippen molar-refractivity contribution in [1.82, 2.24) is 19.8 Å². The highest BCUT2D eigenvalue weighted by Gasteiger charge is 2.33. The number of hydrogen-bond donors (Lipinski definition) is 1. The third-order valence-electron chi connectivity index (χ3n) is 5.00. The average Bonchev–Trinajstić information content (AvgIpc) is 3.25. The highest BCUT2D eigenvalue weighted by atomic mass is 16.2. The fraction of sp³-hybridized carbons (Fsp3) is 0.474. The van der Waals surface area contributed by atoms with Crippen molar-refractivity contribution < 1.29 is 4.79 Å². The van der Waals surface area contributed by atoms with Gasteiger partial charge in [-0.2, -0.15) is 0 Å². The molecule has 0 saturated carbocycles. The number of carbonyl (C=O) groups excluding carboxylic acids is 1. The van der Waals surface area contributed by atoms with E-state index in [2.05, 4.69) is 46.1 Å². The minimum absolute atomic E-state index is 0.0531. The Balaban J connectivity index is 1.68. The first-order valence-electron chi connectivity index (χ1n) is 8.71. The quantitative estimate of drug-likeness (QED) is 0.919. The van der Waals surface area contributed by atoms with Crippen LogP contribution in [0.15, 0.2) is 36.5 Å². The molecule has 2 unspecified atom stereocenters. The molecule has 2 heterocycles. The van der Waals surface area contributed by atoms with Crippen LogP contribution in [0.25, 0.3) is 0 Å². The van der Waals surface area contributed by atoms with Crippen molar-refractivity contribution in [1.29, 1.82) is 0 Å². The van der Waals surface area contributed by atoms with Gasteiger partial charge in [0.2, 0.25) is 0 Å². The van der Waals surface area contributed by atoms with Crippen LogP contribution in [0.4, 0.5) is 0 Å². The fourth-order valence-corrected chi connectivity index (χ4v) is 3.57. The molecule has 1 N–H and O–H groups in total. The summed E-state index contributed by atoms with van der Waals surface area (Å²) < 4.78 is 0. The number of H-pyrrole nitrogens is 1. The molecule has 3 rings (SSSR count). The molecule has 128 valence electrons. The lowest BCUT2D eigenvalue weighted by molar-refractivity contribution is 0.0683. The Morgan fingerprint density at radius 2 is 2.17 bits per heavy atom. The third kappa shape index (κ3) is 3.36. The van der Waals surface area contributed by atoms with Crippen LogP contribution in [-0.2, 0) is 0 Å². The summed E-state index contributed by atoms with van der Waals surface area (Å²) in [7, 11) is 0. The largest absolute Gasteiger partial charge is 0.338 e. The topological polar surface area (TPSA) is 52.2 Å². The molecule has 2 atom stereocenters. The smallest absolute Gasteiger partial charge is 0.272 e. The molecule has 1 aliphatic rings. The van der Waals surface area contributed by atoms with E-state index >= 15 is 0 Å². The van der Waals surface area contributed by atoms with E-state index < -0.39 is 0 Å². The summed E-state index contributed by atoms with van der Waals surface area (Å²) in [6.07, 6.45) is 2.66. The van der Waals surface area contributed by atoms with Crippen LogP contribution in [0, 0.1) is 6.92 Å². The Morgan fingerprint density at radius 3 is 2.79 bits per heavy atom. The zero-order valence-electron chi connectivity index (χ0n) is 14.7. The Hall–Kier alpha value is -2.14. The SMILES string of the molecule is CCN(C(=O)c1cnc(C)[nH]1)C1CCN(C(C)c2ccccc2)C1. The predicted molar refractivity (Wildman–Crippen MR) is 94.9 cm³/mol. The molecule has 1 saturated heterocycles. The van der Waals surface area contributed by atoms with Crippen molar-refractivity contribution in [3.8, 4) is 0 Å². The van der Waals surface area contributed by atoms with Crippen molar-refractivity contribution in [2.45, 2.75) is 39.3 Å². The van der Waals surface area contributed by atoms with Crippen LogP contribution in [-0.4, -0.2) is 51.4 Å². The van der Waals surface area contributed by atoms with Gasteiger partial charge in [0.1, 0.15) is 11.5 Å². The summed E-state index contributed by atoms with van der Waals surface area (Å²) in [6, 6.07) is 11.2. The van der Waals surface area contributed by atoms with Gasteiger partial charge >= 0.3 is 0 Å². The number of likely N-dealkylation sites (tertiary alicyclic amines) is 1. The summed E-state index contributed by atoms with van der Waals surface area (Å²) in [5.41, 5.74) is 1.92. The van der Waals surface area contributed by atoms with Crippen molar-refractivity contribution >= 4 is 5.91 Å². The molecule has 1 aliphatic heterocycles. The van der Waals surface area contributed by atoms with E-state index in [1.807, 2.05) is 24.8 Å². The first kappa shape index (κ1) is 16.7. The van der Waals surface area contributed by atoms with Crippen LogP contribution in [0.3, 0.4) is 0 Å². The van der Waals surface area contributed by atoms with E-state index in [1.54, 1.807) is 6.20 Å². The number of rotatable bonds is 5. The van der Waals surface area contributed by atoms with Gasteiger partial charge in [-0.05, 0) is 32.8 Å². The summed E-state index contributed by atoms with van der Waals surface area (Å²) in [6.45, 7) is 8.81. The second-order valence-electron chi connectivity index (χ2n) is 6.50. The molecule has 1 aromatic carbocycles. The number of hydrogen-bond acceptors (Lipinski definition) is 3. The van der Waals surface area contributed by atoms with E-state index in [0.29, 0.717) is 11.7 Å². The molecule has 2 aromatic rings. The van der Waals surface area contributed by atoms with Gasteiger partial charge in [0.25, 0.3) is 5.91 Å². The van der Waals surface area contributed by atoms with Gasteiger partial charge in [-0.15, -0.1) is 0 Å². The molecule has 0 radical (unpaired) electrons. The number of nitrogens with one attached hydrogen (secondary N) is 1. The molecule has 1 amide bonds. The Kier molecular flexibility index (Phi) is 5.00. The minimum Gasteiger partial charge on any atom is -0.338 e. The maximum atomic E-state index is 12.8. The standard InChI is InChI=1S/C19H26N4O/c1-4-23(19(24)18-12-20-15(3)21-18)17-10-11-22(13-17)14(2)16-8-6-5-7-9-16/h5-9,12,14,17H,4,10-11,13H2,1-3H3,(H,20,21). The van der Waals surface area contributed by atoms with Crippen LogP contribution in [0.1, 0.15) is 48.2 Å². The maximum Gasteiger partial charge on any atom is 0.272 e. The molecule has 0 spiro atoms. The normalized spacial score (nSPS) is 19.4. The number of aryl methyl sites for hydroxylation is 1. The second kappa shape index (κ2) is 7.18. The van der Waals surface area contributed by atoms with Gasteiger partial charge in [0.15, 0.2) is 0 Å². The molecule has 0 aliphatic carbocycles. The number of carbonyl (C=O) groups is 1. The summed E-state index contributed by atoms with van der Waals surface area (Å²) in [4.78, 5) is 24.4. The maximum absolute atomic E-state index is 12.8. The third-order valence-corrected chi connectivity index (χ3v) is 5.00. The molecular formula is C19H26N4O. The van der Waals surface area contributed by atoms with E-state index in [9.17, 15) is 4.79 Å².